The molecule has 0 aliphatic carbocycles. The molecule has 7 heteroatoms. The molecule has 6 nitrogen and oxygen atoms in total. The molecule has 0 spiro atoms. The first kappa shape index (κ1) is 22.1. The van der Waals surface area contributed by atoms with Crippen molar-refractivity contribution in [3.63, 3.8) is 0 Å². The third-order valence-corrected chi connectivity index (χ3v) is 8.36. The predicted molar refractivity (Wildman–Crippen MR) is 133 cm³/mol. The van der Waals surface area contributed by atoms with Crippen molar-refractivity contribution >= 4 is 20.9 Å². The number of anilines is 1. The Bertz CT molecular complexity index is 921. The third-order valence-electron chi connectivity index (χ3n) is 7.75. The average Bonchev–Trinajstić information content (AvgIpc) is 3.55. The van der Waals surface area contributed by atoms with Gasteiger partial charge in [-0.3, -0.25) is 14.4 Å². The maximum atomic E-state index is 12.7. The second kappa shape index (κ2) is 9.62. The van der Waals surface area contributed by atoms with E-state index in [9.17, 15) is 4.79 Å². The Kier molecular flexibility index (Phi) is 6.64. The van der Waals surface area contributed by atoms with E-state index in [1.165, 1.54) is 17.7 Å². The summed E-state index contributed by atoms with van der Waals surface area (Å²) in [6.45, 7) is 4.26. The Morgan fingerprint density at radius 3 is 2.47 bits per heavy atom. The minimum Gasteiger partial charge on any atom is -0.372 e. The molecule has 0 bridgehead atoms. The Balaban J connectivity index is 1.15. The summed E-state index contributed by atoms with van der Waals surface area (Å²) in [4.78, 5) is 25.6. The first-order valence-electron chi connectivity index (χ1n) is 12.2. The van der Waals surface area contributed by atoms with Crippen LogP contribution in [0.2, 0.25) is 0 Å². The van der Waals surface area contributed by atoms with E-state index in [0.29, 0.717) is 17.7 Å². The molecule has 0 radical (unpaired) electrons. The average molecular weight is 454 g/mol. The molecule has 1 aromatic carbocycles. The van der Waals surface area contributed by atoms with Gasteiger partial charge in [0.25, 0.3) is 0 Å². The number of aromatic nitrogens is 2. The minimum absolute atomic E-state index is 0.177. The van der Waals surface area contributed by atoms with E-state index in [0.717, 1.165) is 76.2 Å². The van der Waals surface area contributed by atoms with Crippen LogP contribution in [0.4, 0.5) is 5.69 Å². The molecule has 0 amide bonds. The maximum Gasteiger partial charge on any atom is 0.150 e. The number of likely N-dealkylation sites (tertiary alicyclic amines) is 1. The Labute approximate surface area is 194 Å². The Morgan fingerprint density at radius 2 is 1.81 bits per heavy atom. The smallest absolute Gasteiger partial charge is 0.150 e. The number of H-pyrrole nitrogens is 1. The van der Waals surface area contributed by atoms with E-state index in [1.807, 2.05) is 6.20 Å². The summed E-state index contributed by atoms with van der Waals surface area (Å²) in [7, 11) is 4.93. The van der Waals surface area contributed by atoms with E-state index >= 15 is 0 Å². The summed E-state index contributed by atoms with van der Waals surface area (Å²) < 4.78 is 2.30. The molecule has 3 saturated heterocycles. The number of Topliss-reactive ketones (excluding diaryl/α,β-unsaturated/α-hetero) is 1. The van der Waals surface area contributed by atoms with Crippen molar-refractivity contribution in [2.75, 3.05) is 38.1 Å². The quantitative estimate of drug-likeness (QED) is 0.662. The van der Waals surface area contributed by atoms with E-state index in [1.54, 1.807) is 0 Å². The van der Waals surface area contributed by atoms with Gasteiger partial charge in [-0.2, -0.15) is 0 Å². The second-order valence-electron chi connectivity index (χ2n) is 9.86. The zero-order valence-electron chi connectivity index (χ0n) is 19.2. The fourth-order valence-corrected chi connectivity index (χ4v) is 6.19. The predicted octanol–water partition coefficient (Wildman–Crippen LogP) is 4.27. The lowest BCUT2D eigenvalue weighted by Crippen LogP contribution is -2.37. The van der Waals surface area contributed by atoms with Crippen LogP contribution in [0.3, 0.4) is 0 Å². The molecule has 1 aromatic heterocycles. The van der Waals surface area contributed by atoms with Crippen LogP contribution in [0.1, 0.15) is 56.8 Å². The number of nitrogens with one attached hydrogen (secondary N) is 1. The van der Waals surface area contributed by atoms with Crippen molar-refractivity contribution in [1.29, 1.82) is 0 Å². The van der Waals surface area contributed by atoms with Crippen molar-refractivity contribution < 1.29 is 4.79 Å². The first-order valence-corrected chi connectivity index (χ1v) is 12.7. The molecule has 3 atom stereocenters. The van der Waals surface area contributed by atoms with Gasteiger partial charge in [0.05, 0.1) is 24.0 Å². The second-order valence-corrected chi connectivity index (χ2v) is 10.5. The highest BCUT2D eigenvalue weighted by molar-refractivity contribution is 7.13. The van der Waals surface area contributed by atoms with Gasteiger partial charge < -0.3 is 9.88 Å². The summed E-state index contributed by atoms with van der Waals surface area (Å²) >= 11 is 0. The van der Waals surface area contributed by atoms with Gasteiger partial charge in [0, 0.05) is 31.7 Å². The van der Waals surface area contributed by atoms with Gasteiger partial charge in [-0.05, 0) is 75.7 Å². The number of imidazole rings is 1. The highest BCUT2D eigenvalue weighted by atomic mass is 31.0. The highest BCUT2D eigenvalue weighted by Gasteiger charge is 2.30. The largest absolute Gasteiger partial charge is 0.372 e. The van der Waals surface area contributed by atoms with Crippen molar-refractivity contribution in [3.8, 4) is 11.3 Å². The third kappa shape index (κ3) is 4.64. The van der Waals surface area contributed by atoms with Crippen LogP contribution in [0.25, 0.3) is 11.3 Å². The van der Waals surface area contributed by atoms with Crippen LogP contribution < -0.4 is 4.90 Å². The zero-order chi connectivity index (χ0) is 22.1. The highest BCUT2D eigenvalue weighted by Crippen LogP contribution is 2.34. The number of hydrogen-bond acceptors (Lipinski definition) is 5. The van der Waals surface area contributed by atoms with Gasteiger partial charge >= 0.3 is 0 Å². The summed E-state index contributed by atoms with van der Waals surface area (Å²) in [5, 5.41) is 0. The lowest BCUT2D eigenvalue weighted by molar-refractivity contribution is -0.124. The molecule has 3 aliphatic rings. The topological polar surface area (TPSA) is 55.5 Å². The molecule has 2 aromatic rings. The van der Waals surface area contributed by atoms with Crippen LogP contribution in [-0.2, 0) is 4.79 Å². The van der Waals surface area contributed by atoms with Crippen LogP contribution in [0.5, 0.6) is 0 Å². The number of hydrogen-bond donors (Lipinski definition) is 1. The molecule has 0 saturated carbocycles. The number of nitrogens with zero attached hydrogens (tertiary/aromatic N) is 4. The van der Waals surface area contributed by atoms with E-state index in [2.05, 4.69) is 65.1 Å². The number of likely N-dealkylation sites (N-methyl/N-ethyl adjacent to an activating group) is 1. The molecule has 4 heterocycles. The normalized spacial score (nSPS) is 25.6. The van der Waals surface area contributed by atoms with Crippen molar-refractivity contribution in [3.05, 3.63) is 36.3 Å². The van der Waals surface area contributed by atoms with E-state index in [4.69, 9.17) is 0 Å². The standard InChI is InChI=1S/C25H36N5OP/c1-28-12-2-4-22(28)24(31)16-18-10-14-29(15-11-18)20-8-6-19(7-9-20)21-17-26-25(27-21)23-5-3-13-30(23)32/h6-9,17-18,22-23H,2-5,10-16,32H2,1H3,(H,26,27)/t22-,23-/m0/s1. The number of rotatable bonds is 6. The van der Waals surface area contributed by atoms with Gasteiger partial charge in [0.15, 0.2) is 0 Å². The SMILES string of the molecule is CN1CCC[C@H]1C(=O)CC1CCN(c2ccc(-c3cnc([C@@H]4CCCN4P)[nH]3)cc2)CC1. The van der Waals surface area contributed by atoms with Crippen molar-refractivity contribution in [2.45, 2.75) is 57.0 Å². The van der Waals surface area contributed by atoms with Crippen LogP contribution >= 0.6 is 9.39 Å². The molecule has 5 rings (SSSR count). The summed E-state index contributed by atoms with van der Waals surface area (Å²) in [5.41, 5.74) is 3.55. The molecular formula is C25H36N5OP. The summed E-state index contributed by atoms with van der Waals surface area (Å²) in [6.07, 6.45) is 9.55. The molecule has 172 valence electrons. The van der Waals surface area contributed by atoms with Crippen LogP contribution in [-0.4, -0.2) is 64.6 Å². The number of aromatic amines is 1. The summed E-state index contributed by atoms with van der Waals surface area (Å²) in [5.74, 6) is 2.08. The monoisotopic (exact) mass is 453 g/mol. The fourth-order valence-electron chi connectivity index (χ4n) is 5.72. The zero-order valence-corrected chi connectivity index (χ0v) is 20.3. The molecular weight excluding hydrogens is 417 g/mol. The number of carbonyl (C=O) groups is 1. The fraction of sp³-hybridized carbons (Fsp3) is 0.600. The molecule has 1 N–H and O–H groups in total. The lowest BCUT2D eigenvalue weighted by atomic mass is 9.89. The van der Waals surface area contributed by atoms with Gasteiger partial charge in [-0.15, -0.1) is 0 Å². The Hall–Kier alpha value is -1.75. The van der Waals surface area contributed by atoms with Crippen LogP contribution in [0.15, 0.2) is 30.5 Å². The van der Waals surface area contributed by atoms with Crippen molar-refractivity contribution in [2.24, 2.45) is 5.92 Å². The van der Waals surface area contributed by atoms with E-state index < -0.39 is 0 Å². The Morgan fingerprint density at radius 1 is 1.06 bits per heavy atom. The van der Waals surface area contributed by atoms with Gasteiger partial charge in [0.2, 0.25) is 0 Å². The summed E-state index contributed by atoms with van der Waals surface area (Å²) in [6, 6.07) is 9.42. The first-order chi connectivity index (χ1) is 15.6. The van der Waals surface area contributed by atoms with E-state index in [-0.39, 0.29) is 6.04 Å². The number of carbonyl (C=O) groups excluding carboxylic acids is 1. The number of piperidine rings is 1. The number of benzene rings is 1. The lowest BCUT2D eigenvalue weighted by Gasteiger charge is -2.34. The minimum atomic E-state index is 0.177. The molecule has 3 fully saturated rings. The van der Waals surface area contributed by atoms with Gasteiger partial charge in [-0.1, -0.05) is 21.5 Å². The van der Waals surface area contributed by atoms with Gasteiger partial charge in [0.1, 0.15) is 11.6 Å². The van der Waals surface area contributed by atoms with Gasteiger partial charge in [-0.25, -0.2) is 4.98 Å². The van der Waals surface area contributed by atoms with Crippen molar-refractivity contribution in [1.82, 2.24) is 19.5 Å². The van der Waals surface area contributed by atoms with Crippen LogP contribution in [0, 0.1) is 5.92 Å². The maximum absolute atomic E-state index is 12.7. The molecule has 1 unspecified atom stereocenters. The molecule has 32 heavy (non-hydrogen) atoms. The molecule has 3 aliphatic heterocycles. The number of ketones is 1.